The molecule has 3 aromatic rings. The van der Waals surface area contributed by atoms with Gasteiger partial charge in [0, 0.05) is 23.7 Å². The summed E-state index contributed by atoms with van der Waals surface area (Å²) < 4.78 is 6.72. The summed E-state index contributed by atoms with van der Waals surface area (Å²) in [6.45, 7) is -0.166. The number of hydrogen-bond donors (Lipinski definition) is 0. The van der Waals surface area contributed by atoms with E-state index in [-0.39, 0.29) is 41.1 Å². The van der Waals surface area contributed by atoms with E-state index in [1.54, 1.807) is 11.6 Å². The van der Waals surface area contributed by atoms with Crippen LogP contribution in [0.25, 0.3) is 4.96 Å². The summed E-state index contributed by atoms with van der Waals surface area (Å²) in [5.41, 5.74) is 0.837. The molecule has 1 aliphatic carbocycles. The van der Waals surface area contributed by atoms with Gasteiger partial charge in [-0.05, 0) is 31.0 Å². The molecule has 2 aliphatic rings. The highest BCUT2D eigenvalue weighted by molar-refractivity contribution is 7.15. The minimum atomic E-state index is -0.646. The van der Waals surface area contributed by atoms with Crippen molar-refractivity contribution >= 4 is 34.1 Å². The smallest absolute Gasteiger partial charge is 0.338 e. The Bertz CT molecular complexity index is 1270. The maximum Gasteiger partial charge on any atom is 0.338 e. The van der Waals surface area contributed by atoms with E-state index < -0.39 is 5.97 Å². The number of thiazole rings is 1. The van der Waals surface area contributed by atoms with Crippen molar-refractivity contribution < 1.29 is 19.1 Å². The Morgan fingerprint density at radius 2 is 1.84 bits per heavy atom. The predicted molar refractivity (Wildman–Crippen MR) is 112 cm³/mol. The number of imide groups is 1. The molecule has 0 saturated heterocycles. The van der Waals surface area contributed by atoms with E-state index >= 15 is 0 Å². The molecule has 0 radical (unpaired) electrons. The third-order valence-corrected chi connectivity index (χ3v) is 6.56. The molecule has 1 aliphatic heterocycles. The average molecular weight is 437 g/mol. The Hall–Kier alpha value is -3.33. The summed E-state index contributed by atoms with van der Waals surface area (Å²) in [5.74, 6) is -1.28. The molecule has 1 fully saturated rings. The van der Waals surface area contributed by atoms with E-state index in [2.05, 4.69) is 4.98 Å². The maximum absolute atomic E-state index is 12.9. The number of rotatable bonds is 4. The van der Waals surface area contributed by atoms with Gasteiger partial charge in [0.15, 0.2) is 4.96 Å². The normalized spacial score (nSPS) is 16.7. The van der Waals surface area contributed by atoms with Crippen molar-refractivity contribution in [2.24, 2.45) is 0 Å². The van der Waals surface area contributed by atoms with Gasteiger partial charge in [0.05, 0.1) is 22.4 Å². The molecule has 1 saturated carbocycles. The summed E-state index contributed by atoms with van der Waals surface area (Å²) in [7, 11) is 0. The zero-order chi connectivity index (χ0) is 21.5. The van der Waals surface area contributed by atoms with E-state index in [0.717, 1.165) is 32.1 Å². The van der Waals surface area contributed by atoms with Crippen LogP contribution in [-0.4, -0.2) is 38.1 Å². The number of fused-ring (bicyclic) bond motifs is 2. The Labute approximate surface area is 181 Å². The molecule has 158 valence electrons. The van der Waals surface area contributed by atoms with E-state index in [0.29, 0.717) is 16.2 Å². The third kappa shape index (κ3) is 3.44. The first-order valence-corrected chi connectivity index (χ1v) is 11.1. The Morgan fingerprint density at radius 3 is 2.65 bits per heavy atom. The maximum atomic E-state index is 12.9. The summed E-state index contributed by atoms with van der Waals surface area (Å²) >= 11 is 1.31. The fourth-order valence-corrected chi connectivity index (χ4v) is 4.98. The molecule has 0 atom stereocenters. The average Bonchev–Trinajstić information content (AvgIpc) is 3.36. The lowest BCUT2D eigenvalue weighted by Gasteiger charge is -2.29. The molecular weight excluding hydrogens is 418 g/mol. The molecule has 2 amide bonds. The lowest BCUT2D eigenvalue weighted by molar-refractivity contribution is 0.0467. The molecule has 0 N–H and O–H groups in total. The van der Waals surface area contributed by atoms with Crippen LogP contribution in [0.4, 0.5) is 0 Å². The second-order valence-electron chi connectivity index (χ2n) is 7.75. The number of amides is 2. The monoisotopic (exact) mass is 437 g/mol. The number of carbonyl (C=O) groups excluding carboxylic acids is 3. The molecule has 0 unspecified atom stereocenters. The van der Waals surface area contributed by atoms with Crippen LogP contribution in [0.3, 0.4) is 0 Å². The minimum Gasteiger partial charge on any atom is -0.456 e. The second kappa shape index (κ2) is 7.73. The van der Waals surface area contributed by atoms with E-state index in [9.17, 15) is 19.2 Å². The highest BCUT2D eigenvalue weighted by Crippen LogP contribution is 2.31. The third-order valence-electron chi connectivity index (χ3n) is 5.80. The van der Waals surface area contributed by atoms with Crippen molar-refractivity contribution in [3.05, 3.63) is 68.6 Å². The fraction of sp³-hybridized carbons (Fsp3) is 0.318. The van der Waals surface area contributed by atoms with Gasteiger partial charge in [0.1, 0.15) is 6.61 Å². The molecular formula is C22H19N3O5S. The van der Waals surface area contributed by atoms with Gasteiger partial charge in [-0.2, -0.15) is 0 Å². The molecule has 0 bridgehead atoms. The van der Waals surface area contributed by atoms with Crippen molar-refractivity contribution in [3.63, 3.8) is 0 Å². The first-order chi connectivity index (χ1) is 15.0. The topological polar surface area (TPSA) is 98.1 Å². The summed E-state index contributed by atoms with van der Waals surface area (Å²) in [5, 5.41) is 1.75. The predicted octanol–water partition coefficient (Wildman–Crippen LogP) is 3.04. The van der Waals surface area contributed by atoms with Crippen molar-refractivity contribution in [2.75, 3.05) is 0 Å². The van der Waals surface area contributed by atoms with Crippen molar-refractivity contribution in [3.8, 4) is 0 Å². The summed E-state index contributed by atoms with van der Waals surface area (Å²) in [4.78, 5) is 56.4. The van der Waals surface area contributed by atoms with Gasteiger partial charge in [-0.3, -0.25) is 23.7 Å². The summed E-state index contributed by atoms with van der Waals surface area (Å²) in [6, 6.07) is 5.67. The highest BCUT2D eigenvalue weighted by atomic mass is 32.1. The summed E-state index contributed by atoms with van der Waals surface area (Å²) in [6.07, 6.45) is 6.40. The van der Waals surface area contributed by atoms with Gasteiger partial charge in [-0.1, -0.05) is 19.3 Å². The zero-order valence-electron chi connectivity index (χ0n) is 16.6. The van der Waals surface area contributed by atoms with Crippen molar-refractivity contribution in [2.45, 2.75) is 44.8 Å². The first kappa shape index (κ1) is 19.6. The van der Waals surface area contributed by atoms with E-state index in [4.69, 9.17) is 4.74 Å². The van der Waals surface area contributed by atoms with Crippen LogP contribution in [0.15, 0.2) is 40.6 Å². The molecule has 3 heterocycles. The Balaban J connectivity index is 1.33. The van der Waals surface area contributed by atoms with Gasteiger partial charge in [-0.15, -0.1) is 11.3 Å². The number of nitrogens with zero attached hydrogens (tertiary/aromatic N) is 3. The van der Waals surface area contributed by atoms with Gasteiger partial charge < -0.3 is 4.74 Å². The number of hydrogen-bond acceptors (Lipinski definition) is 7. The van der Waals surface area contributed by atoms with Crippen molar-refractivity contribution in [1.29, 1.82) is 0 Å². The zero-order valence-corrected chi connectivity index (χ0v) is 17.4. The number of esters is 1. The van der Waals surface area contributed by atoms with Crippen LogP contribution in [0.5, 0.6) is 0 Å². The first-order valence-electron chi connectivity index (χ1n) is 10.2. The van der Waals surface area contributed by atoms with Crippen LogP contribution in [0.1, 0.15) is 68.9 Å². The molecule has 0 spiro atoms. The van der Waals surface area contributed by atoms with E-state index in [1.165, 1.54) is 44.9 Å². The van der Waals surface area contributed by atoms with Crippen LogP contribution in [0, 0.1) is 0 Å². The quantitative estimate of drug-likeness (QED) is 0.460. The molecule has 8 nitrogen and oxygen atoms in total. The molecule has 1 aromatic carbocycles. The molecule has 2 aromatic heterocycles. The Morgan fingerprint density at radius 1 is 1.06 bits per heavy atom. The Kier molecular flexibility index (Phi) is 4.90. The lowest BCUT2D eigenvalue weighted by atomic mass is 9.94. The number of benzene rings is 1. The molecule has 9 heteroatoms. The van der Waals surface area contributed by atoms with Crippen LogP contribution in [0.2, 0.25) is 0 Å². The van der Waals surface area contributed by atoms with Crippen LogP contribution in [-0.2, 0) is 11.3 Å². The van der Waals surface area contributed by atoms with Gasteiger partial charge in [0.25, 0.3) is 17.4 Å². The van der Waals surface area contributed by atoms with Gasteiger partial charge >= 0.3 is 5.97 Å². The number of aromatic nitrogens is 2. The SMILES string of the molecule is O=C(OCc1cc(=O)n2ccsc2n1)c1ccc2c(c1)C(=O)N(C1CCCCC1)C2=O. The van der Waals surface area contributed by atoms with Gasteiger partial charge in [0.2, 0.25) is 0 Å². The van der Waals surface area contributed by atoms with Crippen molar-refractivity contribution in [1.82, 2.24) is 14.3 Å². The minimum absolute atomic E-state index is 0.0750. The number of carbonyl (C=O) groups is 3. The standard InChI is InChI=1S/C22H19N3O5S/c26-18-11-14(23-22-24(18)8-9-31-22)12-30-21(29)13-6-7-16-17(10-13)20(28)25(19(16)27)15-4-2-1-3-5-15/h6-11,15H,1-5,12H2. The second-order valence-corrected chi connectivity index (χ2v) is 8.62. The van der Waals surface area contributed by atoms with Crippen LogP contribution >= 0.6 is 11.3 Å². The lowest BCUT2D eigenvalue weighted by Crippen LogP contribution is -2.40. The van der Waals surface area contributed by atoms with Crippen LogP contribution < -0.4 is 5.56 Å². The highest BCUT2D eigenvalue weighted by Gasteiger charge is 2.40. The largest absolute Gasteiger partial charge is 0.456 e. The molecule has 31 heavy (non-hydrogen) atoms. The van der Waals surface area contributed by atoms with Gasteiger partial charge in [-0.25, -0.2) is 9.78 Å². The fourth-order valence-electron chi connectivity index (χ4n) is 4.24. The van der Waals surface area contributed by atoms with E-state index in [1.807, 2.05) is 0 Å². The number of ether oxygens (including phenoxy) is 1. The molecule has 5 rings (SSSR count).